The zero-order valence-electron chi connectivity index (χ0n) is 7.18. The first-order valence-corrected chi connectivity index (χ1v) is 3.97. The lowest BCUT2D eigenvalue weighted by molar-refractivity contribution is 0.102. The Labute approximate surface area is 79.8 Å². The molecule has 70 valence electrons. The Morgan fingerprint density at radius 1 is 1.36 bits per heavy atom. The van der Waals surface area contributed by atoms with Crippen molar-refractivity contribution in [2.24, 2.45) is 0 Å². The first kappa shape index (κ1) is 8.43. The molecule has 2 aromatic rings. The fourth-order valence-corrected chi connectivity index (χ4v) is 0.931. The van der Waals surface area contributed by atoms with Crippen LogP contribution in [0.3, 0.4) is 0 Å². The van der Waals surface area contributed by atoms with Crippen LogP contribution < -0.4 is 5.32 Å². The van der Waals surface area contributed by atoms with Gasteiger partial charge >= 0.3 is 0 Å². The molecule has 0 saturated carbocycles. The molecule has 0 aliphatic carbocycles. The van der Waals surface area contributed by atoms with Gasteiger partial charge in [-0.15, -0.1) is 0 Å². The number of hydrogen-bond acceptors (Lipinski definition) is 4. The van der Waals surface area contributed by atoms with Crippen LogP contribution in [0.2, 0.25) is 0 Å². The monoisotopic (exact) mass is 189 g/mol. The summed E-state index contributed by atoms with van der Waals surface area (Å²) in [5.74, 6) is -0.0105. The van der Waals surface area contributed by atoms with Crippen LogP contribution in [0.1, 0.15) is 10.4 Å². The topological polar surface area (TPSA) is 68.0 Å². The van der Waals surface area contributed by atoms with Crippen LogP contribution in [0, 0.1) is 0 Å². The molecule has 0 spiro atoms. The van der Waals surface area contributed by atoms with Gasteiger partial charge in [0.2, 0.25) is 5.95 Å². The minimum absolute atomic E-state index is 0.277. The van der Waals surface area contributed by atoms with Crippen LogP contribution in [-0.2, 0) is 0 Å². The van der Waals surface area contributed by atoms with E-state index in [9.17, 15) is 4.79 Å². The first-order chi connectivity index (χ1) is 6.86. The highest BCUT2D eigenvalue weighted by Crippen LogP contribution is 2.03. The smallest absolute Gasteiger partial charge is 0.261 e. The second-order valence-corrected chi connectivity index (χ2v) is 2.54. The maximum atomic E-state index is 11.4. The molecule has 2 rings (SSSR count). The molecular formula is C9H7N3O2. The minimum Gasteiger partial charge on any atom is -0.472 e. The molecule has 1 N–H and O–H groups in total. The van der Waals surface area contributed by atoms with Gasteiger partial charge in [-0.25, -0.2) is 9.97 Å². The Morgan fingerprint density at radius 3 is 2.79 bits per heavy atom. The number of aromatic nitrogens is 2. The molecule has 0 aromatic carbocycles. The molecule has 0 radical (unpaired) electrons. The quantitative estimate of drug-likeness (QED) is 0.773. The summed E-state index contributed by atoms with van der Waals surface area (Å²) in [5, 5.41) is 2.52. The zero-order chi connectivity index (χ0) is 9.80. The highest BCUT2D eigenvalue weighted by atomic mass is 16.3. The number of anilines is 1. The molecule has 0 aliphatic heterocycles. The number of nitrogens with one attached hydrogen (secondary N) is 1. The van der Waals surface area contributed by atoms with E-state index in [1.807, 2.05) is 0 Å². The maximum absolute atomic E-state index is 11.4. The second-order valence-electron chi connectivity index (χ2n) is 2.54. The molecule has 0 saturated heterocycles. The summed E-state index contributed by atoms with van der Waals surface area (Å²) >= 11 is 0. The SMILES string of the molecule is O=C(Nc1ncccn1)c1ccoc1. The van der Waals surface area contributed by atoms with Crippen LogP contribution in [0.15, 0.2) is 41.5 Å². The van der Waals surface area contributed by atoms with E-state index < -0.39 is 0 Å². The fraction of sp³-hybridized carbons (Fsp3) is 0. The number of amides is 1. The van der Waals surface area contributed by atoms with Crippen LogP contribution in [0.25, 0.3) is 0 Å². The second kappa shape index (κ2) is 3.69. The third-order valence-corrected chi connectivity index (χ3v) is 1.57. The molecule has 2 heterocycles. The Kier molecular flexibility index (Phi) is 2.22. The summed E-state index contributed by atoms with van der Waals surface area (Å²) in [6.45, 7) is 0. The molecule has 1 amide bonds. The van der Waals surface area contributed by atoms with Crippen LogP contribution in [0.4, 0.5) is 5.95 Å². The standard InChI is InChI=1S/C9H7N3O2/c13-8(7-2-5-14-6-7)12-9-10-3-1-4-11-9/h1-6H,(H,10,11,12,13). The van der Waals surface area contributed by atoms with Gasteiger partial charge < -0.3 is 4.42 Å². The van der Waals surface area contributed by atoms with Crippen molar-refractivity contribution in [2.45, 2.75) is 0 Å². The van der Waals surface area contributed by atoms with Crippen molar-refractivity contribution in [1.82, 2.24) is 9.97 Å². The number of furan rings is 1. The van der Waals surface area contributed by atoms with Gasteiger partial charge in [0.15, 0.2) is 0 Å². The van der Waals surface area contributed by atoms with Crippen molar-refractivity contribution in [3.63, 3.8) is 0 Å². The van der Waals surface area contributed by atoms with Gasteiger partial charge in [0.25, 0.3) is 5.91 Å². The highest BCUT2D eigenvalue weighted by Gasteiger charge is 2.07. The molecule has 5 heteroatoms. The molecule has 0 atom stereocenters. The Hall–Kier alpha value is -2.17. The molecule has 0 aliphatic rings. The van der Waals surface area contributed by atoms with E-state index in [-0.39, 0.29) is 11.9 Å². The van der Waals surface area contributed by atoms with Crippen molar-refractivity contribution >= 4 is 11.9 Å². The summed E-state index contributed by atoms with van der Waals surface area (Å²) < 4.78 is 4.77. The number of carbonyl (C=O) groups excluding carboxylic acids is 1. The van der Waals surface area contributed by atoms with Crippen molar-refractivity contribution in [1.29, 1.82) is 0 Å². The normalized spacial score (nSPS) is 9.71. The van der Waals surface area contributed by atoms with Gasteiger partial charge in [0.1, 0.15) is 6.26 Å². The molecule has 0 fully saturated rings. The summed E-state index contributed by atoms with van der Waals surface area (Å²) in [4.78, 5) is 19.1. The third kappa shape index (κ3) is 1.77. The van der Waals surface area contributed by atoms with Crippen molar-refractivity contribution in [3.05, 3.63) is 42.6 Å². The zero-order valence-corrected chi connectivity index (χ0v) is 7.18. The molecule has 14 heavy (non-hydrogen) atoms. The third-order valence-electron chi connectivity index (χ3n) is 1.57. The Morgan fingerprint density at radius 2 is 2.14 bits per heavy atom. The predicted octanol–water partition coefficient (Wildman–Crippen LogP) is 1.32. The lowest BCUT2D eigenvalue weighted by Crippen LogP contribution is -2.12. The number of hydrogen-bond donors (Lipinski definition) is 1. The van der Waals surface area contributed by atoms with Gasteiger partial charge in [0.05, 0.1) is 11.8 Å². The van der Waals surface area contributed by atoms with Crippen molar-refractivity contribution in [3.8, 4) is 0 Å². The summed E-state index contributed by atoms with van der Waals surface area (Å²) in [6.07, 6.45) is 5.90. The summed E-state index contributed by atoms with van der Waals surface area (Å²) in [5.41, 5.74) is 0.442. The lowest BCUT2D eigenvalue weighted by atomic mass is 10.3. The average molecular weight is 189 g/mol. The molecule has 2 aromatic heterocycles. The van der Waals surface area contributed by atoms with Crippen LogP contribution in [-0.4, -0.2) is 15.9 Å². The van der Waals surface area contributed by atoms with Gasteiger partial charge in [-0.3, -0.25) is 10.1 Å². The van der Waals surface area contributed by atoms with Crippen molar-refractivity contribution < 1.29 is 9.21 Å². The fourth-order valence-electron chi connectivity index (χ4n) is 0.931. The van der Waals surface area contributed by atoms with E-state index in [4.69, 9.17) is 4.42 Å². The van der Waals surface area contributed by atoms with Gasteiger partial charge in [0, 0.05) is 12.4 Å². The minimum atomic E-state index is -0.287. The molecular weight excluding hydrogens is 182 g/mol. The number of rotatable bonds is 2. The lowest BCUT2D eigenvalue weighted by Gasteiger charge is -1.99. The van der Waals surface area contributed by atoms with Gasteiger partial charge in [-0.2, -0.15) is 0 Å². The van der Waals surface area contributed by atoms with Crippen LogP contribution in [0.5, 0.6) is 0 Å². The van der Waals surface area contributed by atoms with E-state index in [0.717, 1.165) is 0 Å². The highest BCUT2D eigenvalue weighted by molar-refractivity contribution is 6.02. The summed E-state index contributed by atoms with van der Waals surface area (Å²) in [7, 11) is 0. The van der Waals surface area contributed by atoms with Gasteiger partial charge in [-0.05, 0) is 12.1 Å². The molecule has 0 bridgehead atoms. The Balaban J connectivity index is 2.10. The first-order valence-electron chi connectivity index (χ1n) is 3.97. The Bertz CT molecular complexity index is 411. The van der Waals surface area contributed by atoms with E-state index in [2.05, 4.69) is 15.3 Å². The molecule has 0 unspecified atom stereocenters. The van der Waals surface area contributed by atoms with E-state index >= 15 is 0 Å². The number of carbonyl (C=O) groups is 1. The largest absolute Gasteiger partial charge is 0.472 e. The van der Waals surface area contributed by atoms with Crippen LogP contribution >= 0.6 is 0 Å². The van der Waals surface area contributed by atoms with E-state index in [1.165, 1.54) is 12.5 Å². The van der Waals surface area contributed by atoms with Gasteiger partial charge in [-0.1, -0.05) is 0 Å². The molecule has 5 nitrogen and oxygen atoms in total. The van der Waals surface area contributed by atoms with E-state index in [0.29, 0.717) is 5.56 Å². The van der Waals surface area contributed by atoms with Crippen molar-refractivity contribution in [2.75, 3.05) is 5.32 Å². The van der Waals surface area contributed by atoms with E-state index in [1.54, 1.807) is 24.5 Å². The number of nitrogens with zero attached hydrogens (tertiary/aromatic N) is 2. The maximum Gasteiger partial charge on any atom is 0.261 e. The average Bonchev–Trinajstić information content (AvgIpc) is 2.72. The summed E-state index contributed by atoms with van der Waals surface area (Å²) in [6, 6.07) is 3.24. The predicted molar refractivity (Wildman–Crippen MR) is 48.7 cm³/mol.